The second-order valence-corrected chi connectivity index (χ2v) is 10.9. The molecule has 1 aliphatic carbocycles. The van der Waals surface area contributed by atoms with Gasteiger partial charge in [0.25, 0.3) is 0 Å². The average molecular weight is 468 g/mol. The first-order valence-electron chi connectivity index (χ1n) is 12.2. The lowest BCUT2D eigenvalue weighted by Gasteiger charge is -2.39. The van der Waals surface area contributed by atoms with Gasteiger partial charge in [-0.05, 0) is 63.1 Å². The summed E-state index contributed by atoms with van der Waals surface area (Å²) >= 11 is 6.15. The fourth-order valence-electron chi connectivity index (χ4n) is 5.84. The lowest BCUT2D eigenvalue weighted by Crippen LogP contribution is -2.53. The molecule has 2 aliphatic heterocycles. The van der Waals surface area contributed by atoms with Crippen LogP contribution in [0.3, 0.4) is 0 Å². The first-order chi connectivity index (χ1) is 15.8. The zero-order valence-corrected chi connectivity index (χ0v) is 20.6. The van der Waals surface area contributed by atoms with Crippen molar-refractivity contribution in [2.75, 3.05) is 31.1 Å². The molecule has 3 aliphatic rings. The molecule has 3 heterocycles. The van der Waals surface area contributed by atoms with Crippen LogP contribution in [0.2, 0.25) is 5.02 Å². The van der Waals surface area contributed by atoms with Gasteiger partial charge >= 0.3 is 0 Å². The molecular formula is C26H34ClN5O. The lowest BCUT2D eigenvalue weighted by atomic mass is 9.88. The zero-order chi connectivity index (χ0) is 23.2. The van der Waals surface area contributed by atoms with Crippen LogP contribution >= 0.6 is 11.6 Å². The summed E-state index contributed by atoms with van der Waals surface area (Å²) < 4.78 is 0. The second kappa shape index (κ2) is 8.88. The normalized spacial score (nSPS) is 25.2. The van der Waals surface area contributed by atoms with Gasteiger partial charge in [-0.2, -0.15) is 0 Å². The maximum Gasteiger partial charge on any atom is 0.231 e. The van der Waals surface area contributed by atoms with E-state index in [0.29, 0.717) is 24.0 Å². The number of halogens is 1. The number of rotatable bonds is 4. The van der Waals surface area contributed by atoms with Crippen LogP contribution in [-0.2, 0) is 11.2 Å². The Hall–Kier alpha value is -2.18. The van der Waals surface area contributed by atoms with Gasteiger partial charge < -0.3 is 15.1 Å². The highest BCUT2D eigenvalue weighted by molar-refractivity contribution is 6.30. The number of anilines is 1. The Kier molecular flexibility index (Phi) is 6.08. The second-order valence-electron chi connectivity index (χ2n) is 10.5. The van der Waals surface area contributed by atoms with E-state index in [1.807, 2.05) is 29.2 Å². The Labute approximate surface area is 201 Å². The summed E-state index contributed by atoms with van der Waals surface area (Å²) in [7, 11) is 0. The van der Waals surface area contributed by atoms with Gasteiger partial charge in [-0.3, -0.25) is 4.79 Å². The minimum atomic E-state index is -0.195. The van der Waals surface area contributed by atoms with Crippen LogP contribution in [0.5, 0.6) is 0 Å². The van der Waals surface area contributed by atoms with E-state index >= 15 is 0 Å². The van der Waals surface area contributed by atoms with E-state index in [2.05, 4.69) is 41.0 Å². The largest absolute Gasteiger partial charge is 0.353 e. The molecule has 0 spiro atoms. The zero-order valence-electron chi connectivity index (χ0n) is 19.9. The SMILES string of the molecule is CC1CCc2ncnc(N3CCN(C(=O)C(c4ccc(Cl)cc4)C4CCC(C)(C)N4)CC3)c21. The molecule has 6 nitrogen and oxygen atoms in total. The summed E-state index contributed by atoms with van der Waals surface area (Å²) in [6.07, 6.45) is 5.95. The molecule has 1 aromatic heterocycles. The van der Waals surface area contributed by atoms with Crippen LogP contribution < -0.4 is 10.2 Å². The van der Waals surface area contributed by atoms with Crippen molar-refractivity contribution in [2.24, 2.45) is 0 Å². The molecular weight excluding hydrogens is 434 g/mol. The number of nitrogens with one attached hydrogen (secondary N) is 1. The molecule has 0 bridgehead atoms. The molecule has 1 N–H and O–H groups in total. The van der Waals surface area contributed by atoms with E-state index in [1.54, 1.807) is 6.33 Å². The van der Waals surface area contributed by atoms with Crippen LogP contribution in [0.1, 0.15) is 68.7 Å². The highest BCUT2D eigenvalue weighted by atomic mass is 35.5. The standard InChI is InChI=1S/C26H34ClN5O/c1-17-4-9-20-22(17)24(29-16-28-20)31-12-14-32(15-13-31)25(33)23(18-5-7-19(27)8-6-18)21-10-11-26(2,3)30-21/h5-8,16-17,21,23,30H,4,9-15H2,1-3H3. The van der Waals surface area contributed by atoms with Crippen molar-refractivity contribution in [3.8, 4) is 0 Å². The molecule has 1 aromatic carbocycles. The van der Waals surface area contributed by atoms with Gasteiger partial charge in [-0.15, -0.1) is 0 Å². The summed E-state index contributed by atoms with van der Waals surface area (Å²) in [6, 6.07) is 7.95. The monoisotopic (exact) mass is 467 g/mol. The third kappa shape index (κ3) is 4.47. The Morgan fingerprint density at radius 2 is 1.85 bits per heavy atom. The van der Waals surface area contributed by atoms with E-state index in [0.717, 1.165) is 50.2 Å². The highest BCUT2D eigenvalue weighted by Gasteiger charge is 2.41. The van der Waals surface area contributed by atoms with E-state index < -0.39 is 0 Å². The number of carbonyl (C=O) groups excluding carboxylic acids is 1. The maximum absolute atomic E-state index is 13.9. The van der Waals surface area contributed by atoms with E-state index in [1.165, 1.54) is 11.3 Å². The Bertz CT molecular complexity index is 1020. The highest BCUT2D eigenvalue weighted by Crippen LogP contribution is 2.38. The fourth-order valence-corrected chi connectivity index (χ4v) is 5.97. The van der Waals surface area contributed by atoms with Crippen molar-refractivity contribution < 1.29 is 4.79 Å². The third-order valence-corrected chi connectivity index (χ3v) is 7.95. The van der Waals surface area contributed by atoms with Gasteiger partial charge in [-0.25, -0.2) is 9.97 Å². The average Bonchev–Trinajstić information content (AvgIpc) is 3.37. The number of nitrogens with zero attached hydrogens (tertiary/aromatic N) is 4. The number of aryl methyl sites for hydroxylation is 1. The number of hydrogen-bond donors (Lipinski definition) is 1. The van der Waals surface area contributed by atoms with Crippen molar-refractivity contribution in [3.05, 3.63) is 52.4 Å². The maximum atomic E-state index is 13.9. The van der Waals surface area contributed by atoms with Crippen LogP contribution in [0, 0.1) is 0 Å². The lowest BCUT2D eigenvalue weighted by molar-refractivity contribution is -0.133. The van der Waals surface area contributed by atoms with Crippen LogP contribution in [0.4, 0.5) is 5.82 Å². The number of amides is 1. The topological polar surface area (TPSA) is 61.4 Å². The molecule has 33 heavy (non-hydrogen) atoms. The summed E-state index contributed by atoms with van der Waals surface area (Å²) in [6.45, 7) is 9.74. The molecule has 2 saturated heterocycles. The quantitative estimate of drug-likeness (QED) is 0.732. The van der Waals surface area contributed by atoms with Gasteiger partial charge in [0.2, 0.25) is 5.91 Å². The Balaban J connectivity index is 1.33. The van der Waals surface area contributed by atoms with Crippen molar-refractivity contribution in [1.82, 2.24) is 20.2 Å². The Morgan fingerprint density at radius 3 is 2.52 bits per heavy atom. The molecule has 3 atom stereocenters. The first-order valence-corrected chi connectivity index (χ1v) is 12.6. The van der Waals surface area contributed by atoms with E-state index in [4.69, 9.17) is 11.6 Å². The number of carbonyl (C=O) groups is 1. The number of hydrogen-bond acceptors (Lipinski definition) is 5. The molecule has 7 heteroatoms. The molecule has 2 fully saturated rings. The molecule has 2 aromatic rings. The number of piperazine rings is 1. The summed E-state index contributed by atoms with van der Waals surface area (Å²) in [5.74, 6) is 1.60. The van der Waals surface area contributed by atoms with Crippen LogP contribution in [0.25, 0.3) is 0 Å². The Morgan fingerprint density at radius 1 is 1.12 bits per heavy atom. The van der Waals surface area contributed by atoms with Crippen LogP contribution in [-0.4, -0.2) is 58.5 Å². The molecule has 5 rings (SSSR count). The van der Waals surface area contributed by atoms with Gasteiger partial charge in [-0.1, -0.05) is 30.7 Å². The smallest absolute Gasteiger partial charge is 0.231 e. The number of benzene rings is 1. The minimum absolute atomic E-state index is 0.0540. The van der Waals surface area contributed by atoms with Crippen molar-refractivity contribution in [1.29, 1.82) is 0 Å². The van der Waals surface area contributed by atoms with Crippen molar-refractivity contribution >= 4 is 23.3 Å². The van der Waals surface area contributed by atoms with Gasteiger partial charge in [0, 0.05) is 54.0 Å². The third-order valence-electron chi connectivity index (χ3n) is 7.70. The molecule has 0 saturated carbocycles. The summed E-state index contributed by atoms with van der Waals surface area (Å²) in [5.41, 5.74) is 3.61. The van der Waals surface area contributed by atoms with Gasteiger partial charge in [0.1, 0.15) is 12.1 Å². The number of fused-ring (bicyclic) bond motifs is 1. The predicted molar refractivity (Wildman–Crippen MR) is 132 cm³/mol. The van der Waals surface area contributed by atoms with Gasteiger partial charge in [0.15, 0.2) is 0 Å². The molecule has 176 valence electrons. The molecule has 1 amide bonds. The summed E-state index contributed by atoms with van der Waals surface area (Å²) in [5, 5.41) is 4.42. The van der Waals surface area contributed by atoms with Crippen molar-refractivity contribution in [3.63, 3.8) is 0 Å². The van der Waals surface area contributed by atoms with Gasteiger partial charge in [0.05, 0.1) is 5.92 Å². The first kappa shape index (κ1) is 22.6. The minimum Gasteiger partial charge on any atom is -0.353 e. The predicted octanol–water partition coefficient (Wildman–Crippen LogP) is 4.14. The number of aromatic nitrogens is 2. The molecule has 0 radical (unpaired) electrons. The molecule has 3 unspecified atom stereocenters. The summed E-state index contributed by atoms with van der Waals surface area (Å²) in [4.78, 5) is 27.4. The van der Waals surface area contributed by atoms with Crippen molar-refractivity contribution in [2.45, 2.75) is 69.9 Å². The van der Waals surface area contributed by atoms with E-state index in [9.17, 15) is 4.79 Å². The van der Waals surface area contributed by atoms with Crippen LogP contribution in [0.15, 0.2) is 30.6 Å². The fraction of sp³-hybridized carbons (Fsp3) is 0.577. The van der Waals surface area contributed by atoms with E-state index in [-0.39, 0.29) is 23.4 Å².